The molecule has 3 nitrogen and oxygen atoms in total. The summed E-state index contributed by atoms with van der Waals surface area (Å²) in [5.74, 6) is -1.59. The van der Waals surface area contributed by atoms with Crippen LogP contribution in [-0.4, -0.2) is 11.1 Å². The second-order valence-electron chi connectivity index (χ2n) is 4.23. The number of benzene rings is 2. The Labute approximate surface area is 120 Å². The summed E-state index contributed by atoms with van der Waals surface area (Å²) < 4.78 is 18.6. The molecule has 104 valence electrons. The lowest BCUT2D eigenvalue weighted by Gasteiger charge is -2.08. The number of carbonyl (C=O) groups is 1. The van der Waals surface area contributed by atoms with Crippen LogP contribution >= 0.6 is 11.6 Å². The van der Waals surface area contributed by atoms with E-state index in [0.29, 0.717) is 17.2 Å². The van der Waals surface area contributed by atoms with Gasteiger partial charge >= 0.3 is 5.97 Å². The summed E-state index contributed by atoms with van der Waals surface area (Å²) in [7, 11) is 0. The van der Waals surface area contributed by atoms with Crippen LogP contribution in [0.1, 0.15) is 21.5 Å². The molecule has 0 amide bonds. The second-order valence-corrected chi connectivity index (χ2v) is 4.66. The molecule has 2 aromatic carbocycles. The smallest absolute Gasteiger partial charge is 0.336 e. The maximum atomic E-state index is 13.1. The molecule has 0 saturated heterocycles. The summed E-state index contributed by atoms with van der Waals surface area (Å²) in [6, 6.07) is 10.6. The lowest BCUT2D eigenvalue weighted by molar-refractivity contribution is 0.0684. The van der Waals surface area contributed by atoms with E-state index in [4.69, 9.17) is 21.4 Å². The number of hydrogen-bond donors (Lipinski definition) is 1. The van der Waals surface area contributed by atoms with Crippen LogP contribution < -0.4 is 0 Å². The first kappa shape index (κ1) is 14.5. The largest absolute Gasteiger partial charge is 0.478 e. The van der Waals surface area contributed by atoms with E-state index >= 15 is 0 Å². The van der Waals surface area contributed by atoms with E-state index in [1.165, 1.54) is 12.1 Å². The van der Waals surface area contributed by atoms with Crippen LogP contribution in [0, 0.1) is 5.82 Å². The van der Waals surface area contributed by atoms with Crippen molar-refractivity contribution in [1.82, 2.24) is 0 Å². The first-order chi connectivity index (χ1) is 9.56. The Morgan fingerprint density at radius 2 is 1.85 bits per heavy atom. The minimum absolute atomic E-state index is 0.0298. The van der Waals surface area contributed by atoms with Gasteiger partial charge in [-0.25, -0.2) is 9.18 Å². The molecule has 5 heteroatoms. The van der Waals surface area contributed by atoms with Gasteiger partial charge in [-0.1, -0.05) is 23.7 Å². The fourth-order valence-corrected chi connectivity index (χ4v) is 1.88. The van der Waals surface area contributed by atoms with Gasteiger partial charge in [0.2, 0.25) is 0 Å². The maximum Gasteiger partial charge on any atom is 0.336 e. The predicted octanol–water partition coefficient (Wildman–Crippen LogP) is 3.89. The van der Waals surface area contributed by atoms with Gasteiger partial charge in [-0.3, -0.25) is 0 Å². The van der Waals surface area contributed by atoms with Crippen molar-refractivity contribution in [3.63, 3.8) is 0 Å². The van der Waals surface area contributed by atoms with E-state index in [2.05, 4.69) is 0 Å². The van der Waals surface area contributed by atoms with E-state index in [1.807, 2.05) is 12.1 Å². The molecular weight excluding hydrogens is 283 g/mol. The minimum atomic E-state index is -1.10. The van der Waals surface area contributed by atoms with Crippen molar-refractivity contribution >= 4 is 17.6 Å². The average molecular weight is 295 g/mol. The number of rotatable bonds is 5. The van der Waals surface area contributed by atoms with E-state index < -0.39 is 11.8 Å². The molecule has 0 saturated carbocycles. The molecule has 0 radical (unpaired) electrons. The highest BCUT2D eigenvalue weighted by atomic mass is 35.5. The number of hydrogen-bond acceptors (Lipinski definition) is 2. The zero-order valence-electron chi connectivity index (χ0n) is 10.5. The molecule has 0 atom stereocenters. The first-order valence-corrected chi connectivity index (χ1v) is 6.28. The number of aromatic carboxylic acids is 1. The highest BCUT2D eigenvalue weighted by molar-refractivity contribution is 6.30. The van der Waals surface area contributed by atoms with E-state index in [0.717, 1.165) is 11.6 Å². The van der Waals surface area contributed by atoms with Gasteiger partial charge in [-0.15, -0.1) is 0 Å². The third-order valence-electron chi connectivity index (χ3n) is 2.74. The summed E-state index contributed by atoms with van der Waals surface area (Å²) in [5, 5.41) is 9.64. The molecule has 1 N–H and O–H groups in total. The summed E-state index contributed by atoms with van der Waals surface area (Å²) >= 11 is 5.77. The van der Waals surface area contributed by atoms with Crippen molar-refractivity contribution in [2.45, 2.75) is 13.2 Å². The lowest BCUT2D eigenvalue weighted by Crippen LogP contribution is -2.05. The van der Waals surface area contributed by atoms with Crippen molar-refractivity contribution in [3.8, 4) is 0 Å². The zero-order chi connectivity index (χ0) is 14.5. The van der Waals surface area contributed by atoms with Crippen molar-refractivity contribution in [2.75, 3.05) is 0 Å². The Bertz CT molecular complexity index is 611. The number of carboxylic acids is 1. The quantitative estimate of drug-likeness (QED) is 0.910. The lowest BCUT2D eigenvalue weighted by atomic mass is 10.1. The topological polar surface area (TPSA) is 46.5 Å². The Morgan fingerprint density at radius 3 is 2.50 bits per heavy atom. The Hall–Kier alpha value is -1.91. The number of carboxylic acid groups (broad SMARTS) is 1. The summed E-state index contributed by atoms with van der Waals surface area (Å²) in [6.07, 6.45) is 0. The van der Waals surface area contributed by atoms with Crippen LogP contribution in [0.25, 0.3) is 0 Å². The van der Waals surface area contributed by atoms with E-state index in [-0.39, 0.29) is 12.2 Å². The molecule has 2 rings (SSSR count). The number of halogens is 2. The molecule has 0 bridgehead atoms. The van der Waals surface area contributed by atoms with E-state index in [1.54, 1.807) is 12.1 Å². The monoisotopic (exact) mass is 294 g/mol. The molecule has 0 fully saturated rings. The Balaban J connectivity index is 2.02. The van der Waals surface area contributed by atoms with Gasteiger partial charge < -0.3 is 9.84 Å². The van der Waals surface area contributed by atoms with Crippen LogP contribution in [0.2, 0.25) is 5.02 Å². The van der Waals surface area contributed by atoms with Gasteiger partial charge in [0.05, 0.1) is 18.8 Å². The maximum absolute atomic E-state index is 13.1. The van der Waals surface area contributed by atoms with Crippen LogP contribution in [-0.2, 0) is 18.0 Å². The molecule has 0 aliphatic heterocycles. The van der Waals surface area contributed by atoms with Gasteiger partial charge in [0.25, 0.3) is 0 Å². The summed E-state index contributed by atoms with van der Waals surface area (Å²) in [4.78, 5) is 11.0. The highest BCUT2D eigenvalue weighted by Gasteiger charge is 2.11. The van der Waals surface area contributed by atoms with Gasteiger partial charge in [-0.2, -0.15) is 0 Å². The van der Waals surface area contributed by atoms with Crippen molar-refractivity contribution in [1.29, 1.82) is 0 Å². The normalized spacial score (nSPS) is 10.5. The van der Waals surface area contributed by atoms with Crippen LogP contribution in [0.4, 0.5) is 4.39 Å². The molecular formula is C15H12ClFO3. The SMILES string of the molecule is O=C(O)c1ccc(F)cc1COCc1ccc(Cl)cc1. The van der Waals surface area contributed by atoms with Crippen molar-refractivity contribution in [2.24, 2.45) is 0 Å². The molecule has 0 unspecified atom stereocenters. The average Bonchev–Trinajstić information content (AvgIpc) is 2.41. The summed E-state index contributed by atoms with van der Waals surface area (Å²) in [6.45, 7) is 0.328. The van der Waals surface area contributed by atoms with Crippen molar-refractivity contribution < 1.29 is 19.0 Å². The third kappa shape index (κ3) is 3.79. The number of ether oxygens (including phenoxy) is 1. The van der Waals surface area contributed by atoms with Gasteiger partial charge in [0.15, 0.2) is 0 Å². The minimum Gasteiger partial charge on any atom is -0.478 e. The molecule has 0 aliphatic rings. The first-order valence-electron chi connectivity index (χ1n) is 5.90. The molecule has 0 spiro atoms. The fourth-order valence-electron chi connectivity index (χ4n) is 1.75. The van der Waals surface area contributed by atoms with Crippen LogP contribution in [0.15, 0.2) is 42.5 Å². The predicted molar refractivity (Wildman–Crippen MR) is 73.3 cm³/mol. The summed E-state index contributed by atoms with van der Waals surface area (Å²) in [5.41, 5.74) is 1.26. The molecule has 0 heterocycles. The van der Waals surface area contributed by atoms with Crippen molar-refractivity contribution in [3.05, 3.63) is 70.0 Å². The fraction of sp³-hybridized carbons (Fsp3) is 0.133. The Kier molecular flexibility index (Phi) is 4.71. The zero-order valence-corrected chi connectivity index (χ0v) is 11.2. The van der Waals surface area contributed by atoms with Crippen LogP contribution in [0.3, 0.4) is 0 Å². The standard InChI is InChI=1S/C15H12ClFO3/c16-12-3-1-10(2-4-12)8-20-9-11-7-13(17)5-6-14(11)15(18)19/h1-7H,8-9H2,(H,18,19). The van der Waals surface area contributed by atoms with Gasteiger partial charge in [0, 0.05) is 5.02 Å². The molecule has 2 aromatic rings. The second kappa shape index (κ2) is 6.50. The molecule has 0 aliphatic carbocycles. The Morgan fingerprint density at radius 1 is 1.15 bits per heavy atom. The highest BCUT2D eigenvalue weighted by Crippen LogP contribution is 2.15. The van der Waals surface area contributed by atoms with Crippen LogP contribution in [0.5, 0.6) is 0 Å². The molecule has 20 heavy (non-hydrogen) atoms. The van der Waals surface area contributed by atoms with Gasteiger partial charge in [-0.05, 0) is 41.5 Å². The molecule has 0 aromatic heterocycles. The third-order valence-corrected chi connectivity index (χ3v) is 2.99. The van der Waals surface area contributed by atoms with Gasteiger partial charge in [0.1, 0.15) is 5.82 Å². The van der Waals surface area contributed by atoms with E-state index in [9.17, 15) is 9.18 Å².